The Morgan fingerprint density at radius 1 is 0.889 bits per heavy atom. The van der Waals surface area contributed by atoms with Gasteiger partial charge in [0, 0.05) is 0 Å². The number of nitrogens with zero attached hydrogens (tertiary/aromatic N) is 4. The molecule has 0 saturated heterocycles. The largest absolute Gasteiger partial charge is 0.505 e. The monoisotopic (exact) mass is 361 g/mol. The van der Waals surface area contributed by atoms with E-state index in [0.717, 1.165) is 27.8 Å². The van der Waals surface area contributed by atoms with Gasteiger partial charge in [0.2, 0.25) is 0 Å². The Morgan fingerprint density at radius 3 is 2.15 bits per heavy atom. The van der Waals surface area contributed by atoms with Gasteiger partial charge in [-0.15, -0.1) is 5.11 Å². The van der Waals surface area contributed by atoms with Crippen LogP contribution in [0.15, 0.2) is 56.9 Å². The van der Waals surface area contributed by atoms with Crippen LogP contribution in [0.25, 0.3) is 10.8 Å². The number of anilines is 1. The maximum absolute atomic E-state index is 10.8. The first-order chi connectivity index (χ1) is 12.9. The van der Waals surface area contributed by atoms with Crippen LogP contribution in [0.1, 0.15) is 23.6 Å². The van der Waals surface area contributed by atoms with E-state index in [2.05, 4.69) is 20.5 Å². The zero-order valence-electron chi connectivity index (χ0n) is 16.0. The summed E-state index contributed by atoms with van der Waals surface area (Å²) in [6.45, 7) is 8.26. The number of benzene rings is 3. The number of aromatic hydroxyl groups is 1. The SMILES string of the molecule is CCN=Nc1c(C)cc2cc(C)c(N=Nc3ccc(C)cc3)c(N)c2c1O. The summed E-state index contributed by atoms with van der Waals surface area (Å²) in [5, 5.41) is 28.9. The van der Waals surface area contributed by atoms with Crippen molar-refractivity contribution in [2.45, 2.75) is 27.7 Å². The van der Waals surface area contributed by atoms with E-state index in [9.17, 15) is 5.11 Å². The minimum Gasteiger partial charge on any atom is -0.505 e. The van der Waals surface area contributed by atoms with E-state index in [4.69, 9.17) is 5.73 Å². The molecule has 3 rings (SSSR count). The van der Waals surface area contributed by atoms with Crippen molar-refractivity contribution in [1.29, 1.82) is 0 Å². The molecule has 0 heterocycles. The molecule has 6 heteroatoms. The van der Waals surface area contributed by atoms with Crippen LogP contribution in [-0.2, 0) is 0 Å². The second-order valence-corrected chi connectivity index (χ2v) is 6.54. The van der Waals surface area contributed by atoms with Crippen LogP contribution in [-0.4, -0.2) is 11.7 Å². The van der Waals surface area contributed by atoms with E-state index in [1.165, 1.54) is 0 Å². The molecule has 138 valence electrons. The lowest BCUT2D eigenvalue weighted by atomic mass is 9.99. The highest BCUT2D eigenvalue weighted by atomic mass is 16.3. The van der Waals surface area contributed by atoms with Crippen LogP contribution in [0, 0.1) is 20.8 Å². The van der Waals surface area contributed by atoms with Crippen LogP contribution < -0.4 is 5.73 Å². The van der Waals surface area contributed by atoms with Crippen LogP contribution in [0.2, 0.25) is 0 Å². The Labute approximate surface area is 158 Å². The Kier molecular flexibility index (Phi) is 5.16. The molecule has 0 bridgehead atoms. The van der Waals surface area contributed by atoms with Crippen molar-refractivity contribution in [1.82, 2.24) is 0 Å². The first-order valence-electron chi connectivity index (χ1n) is 8.83. The molecule has 0 aliphatic heterocycles. The van der Waals surface area contributed by atoms with Gasteiger partial charge in [-0.25, -0.2) is 0 Å². The lowest BCUT2D eigenvalue weighted by Crippen LogP contribution is -1.92. The fourth-order valence-electron chi connectivity index (χ4n) is 2.96. The highest BCUT2D eigenvalue weighted by Gasteiger charge is 2.17. The summed E-state index contributed by atoms with van der Waals surface area (Å²) in [6, 6.07) is 11.6. The number of aryl methyl sites for hydroxylation is 3. The van der Waals surface area contributed by atoms with Gasteiger partial charge < -0.3 is 10.8 Å². The Balaban J connectivity index is 2.16. The smallest absolute Gasteiger partial charge is 0.153 e. The van der Waals surface area contributed by atoms with Crippen molar-refractivity contribution in [3.63, 3.8) is 0 Å². The van der Waals surface area contributed by atoms with Gasteiger partial charge in [0.25, 0.3) is 0 Å². The van der Waals surface area contributed by atoms with Gasteiger partial charge in [0.1, 0.15) is 11.4 Å². The lowest BCUT2D eigenvalue weighted by Gasteiger charge is -2.13. The van der Waals surface area contributed by atoms with Crippen LogP contribution >= 0.6 is 0 Å². The normalized spacial score (nSPS) is 11.9. The molecular weight excluding hydrogens is 338 g/mol. The minimum absolute atomic E-state index is 0.0199. The van der Waals surface area contributed by atoms with E-state index < -0.39 is 0 Å². The van der Waals surface area contributed by atoms with E-state index in [0.29, 0.717) is 29.0 Å². The molecule has 0 spiro atoms. The molecule has 0 saturated carbocycles. The van der Waals surface area contributed by atoms with Gasteiger partial charge in [-0.2, -0.15) is 15.3 Å². The summed E-state index contributed by atoms with van der Waals surface area (Å²) in [5.74, 6) is 0.0199. The Morgan fingerprint density at radius 2 is 1.52 bits per heavy atom. The highest BCUT2D eigenvalue weighted by Crippen LogP contribution is 2.45. The molecular formula is C21H23N5O. The van der Waals surface area contributed by atoms with Crippen molar-refractivity contribution in [2.24, 2.45) is 20.5 Å². The zero-order chi connectivity index (χ0) is 19.6. The van der Waals surface area contributed by atoms with Gasteiger partial charge in [-0.1, -0.05) is 17.7 Å². The van der Waals surface area contributed by atoms with E-state index in [1.807, 2.05) is 64.1 Å². The number of azo groups is 2. The fourth-order valence-corrected chi connectivity index (χ4v) is 2.96. The molecule has 0 aliphatic carbocycles. The summed E-state index contributed by atoms with van der Waals surface area (Å²) in [7, 11) is 0. The number of nitrogens with two attached hydrogens (primary N) is 1. The third-order valence-corrected chi connectivity index (χ3v) is 4.38. The number of hydrogen-bond acceptors (Lipinski definition) is 6. The predicted octanol–water partition coefficient (Wildman–Crippen LogP) is 6.57. The third kappa shape index (κ3) is 3.65. The molecule has 0 radical (unpaired) electrons. The number of nitrogen functional groups attached to an aromatic ring is 1. The predicted molar refractivity (Wildman–Crippen MR) is 110 cm³/mol. The van der Waals surface area contributed by atoms with Gasteiger partial charge >= 0.3 is 0 Å². The molecule has 0 fully saturated rings. The maximum atomic E-state index is 10.8. The van der Waals surface area contributed by atoms with Crippen LogP contribution in [0.5, 0.6) is 5.75 Å². The molecule has 27 heavy (non-hydrogen) atoms. The number of phenolic OH excluding ortho intramolecular Hbond substituents is 1. The maximum Gasteiger partial charge on any atom is 0.153 e. The fraction of sp³-hybridized carbons (Fsp3) is 0.238. The summed E-state index contributed by atoms with van der Waals surface area (Å²) in [4.78, 5) is 0. The lowest BCUT2D eigenvalue weighted by molar-refractivity contribution is 0.482. The minimum atomic E-state index is 0.0199. The van der Waals surface area contributed by atoms with Crippen molar-refractivity contribution in [3.8, 4) is 5.75 Å². The second kappa shape index (κ2) is 7.53. The molecule has 0 aromatic heterocycles. The van der Waals surface area contributed by atoms with Crippen molar-refractivity contribution in [2.75, 3.05) is 12.3 Å². The van der Waals surface area contributed by atoms with E-state index in [-0.39, 0.29) is 5.75 Å². The van der Waals surface area contributed by atoms with Crippen molar-refractivity contribution in [3.05, 3.63) is 53.1 Å². The quantitative estimate of drug-likeness (QED) is 0.406. The van der Waals surface area contributed by atoms with Crippen LogP contribution in [0.4, 0.5) is 22.7 Å². The number of rotatable bonds is 4. The number of fused-ring (bicyclic) bond motifs is 1. The first-order valence-corrected chi connectivity index (χ1v) is 8.83. The summed E-state index contributed by atoms with van der Waals surface area (Å²) in [6.07, 6.45) is 0. The Hall–Kier alpha value is -3.28. The van der Waals surface area contributed by atoms with Gasteiger partial charge in [-0.3, -0.25) is 0 Å². The average molecular weight is 361 g/mol. The van der Waals surface area contributed by atoms with Gasteiger partial charge in [-0.05, 0) is 68.5 Å². The highest BCUT2D eigenvalue weighted by molar-refractivity contribution is 6.06. The molecule has 0 unspecified atom stereocenters. The van der Waals surface area contributed by atoms with Gasteiger partial charge in [0.15, 0.2) is 5.75 Å². The van der Waals surface area contributed by atoms with Crippen molar-refractivity contribution >= 4 is 33.5 Å². The standard InChI is InChI=1S/C21H23N5O/c1-5-23-25-20-14(4)11-15-10-13(3)19(18(22)17(15)21(20)27)26-24-16-8-6-12(2)7-9-16/h6-11,27H,5,22H2,1-4H3. The molecule has 0 atom stereocenters. The number of phenols is 1. The summed E-state index contributed by atoms with van der Waals surface area (Å²) >= 11 is 0. The molecule has 3 aromatic rings. The van der Waals surface area contributed by atoms with E-state index >= 15 is 0 Å². The molecule has 6 nitrogen and oxygen atoms in total. The van der Waals surface area contributed by atoms with Crippen LogP contribution in [0.3, 0.4) is 0 Å². The third-order valence-electron chi connectivity index (χ3n) is 4.38. The second-order valence-electron chi connectivity index (χ2n) is 6.54. The molecule has 3 aromatic carbocycles. The molecule has 3 N–H and O–H groups in total. The summed E-state index contributed by atoms with van der Waals surface area (Å²) in [5.41, 5.74) is 11.3. The summed E-state index contributed by atoms with van der Waals surface area (Å²) < 4.78 is 0. The topological polar surface area (TPSA) is 95.7 Å². The number of hydrogen-bond donors (Lipinski definition) is 2. The first kappa shape index (κ1) is 18.5. The van der Waals surface area contributed by atoms with E-state index in [1.54, 1.807) is 0 Å². The molecule has 0 aliphatic rings. The molecule has 0 amide bonds. The van der Waals surface area contributed by atoms with Crippen molar-refractivity contribution < 1.29 is 5.11 Å². The zero-order valence-corrected chi connectivity index (χ0v) is 16.0. The Bertz CT molecular complexity index is 1050. The van der Waals surface area contributed by atoms with Gasteiger partial charge in [0.05, 0.1) is 23.3 Å². The average Bonchev–Trinajstić information content (AvgIpc) is 2.62.